The standard InChI is InChI=1S/C14H17N3O2/c1-2-17-10-12(15)9-13(17)14(18)19-8-5-11-3-6-16-7-4-11/h3-4,6-7,9-10H,2,5,8,15H2,1H3. The van der Waals surface area contributed by atoms with Crippen LogP contribution in [-0.4, -0.2) is 22.1 Å². The van der Waals surface area contributed by atoms with Gasteiger partial charge in [-0.15, -0.1) is 0 Å². The SMILES string of the molecule is CCn1cc(N)cc1C(=O)OCCc1ccncc1. The van der Waals surface area contributed by atoms with Gasteiger partial charge in [-0.2, -0.15) is 0 Å². The molecule has 2 aromatic heterocycles. The van der Waals surface area contributed by atoms with E-state index in [1.165, 1.54) is 0 Å². The quantitative estimate of drug-likeness (QED) is 0.832. The first-order chi connectivity index (χ1) is 9.20. The predicted molar refractivity (Wildman–Crippen MR) is 72.7 cm³/mol. The van der Waals surface area contributed by atoms with Crippen LogP contribution >= 0.6 is 0 Å². The van der Waals surface area contributed by atoms with Crippen molar-refractivity contribution in [1.82, 2.24) is 9.55 Å². The third kappa shape index (κ3) is 3.34. The summed E-state index contributed by atoms with van der Waals surface area (Å²) in [4.78, 5) is 15.9. The number of hydrogen-bond acceptors (Lipinski definition) is 4. The Hall–Kier alpha value is -2.30. The molecule has 0 saturated heterocycles. The highest BCUT2D eigenvalue weighted by molar-refractivity contribution is 5.89. The summed E-state index contributed by atoms with van der Waals surface area (Å²) in [7, 11) is 0. The average Bonchev–Trinajstić information content (AvgIpc) is 2.81. The first-order valence-corrected chi connectivity index (χ1v) is 6.22. The molecule has 100 valence electrons. The van der Waals surface area contributed by atoms with Gasteiger partial charge in [-0.3, -0.25) is 4.98 Å². The van der Waals surface area contributed by atoms with Gasteiger partial charge in [0.25, 0.3) is 0 Å². The van der Waals surface area contributed by atoms with E-state index in [-0.39, 0.29) is 5.97 Å². The number of hydrogen-bond donors (Lipinski definition) is 1. The van der Waals surface area contributed by atoms with E-state index < -0.39 is 0 Å². The lowest BCUT2D eigenvalue weighted by Crippen LogP contribution is -2.12. The van der Waals surface area contributed by atoms with Crippen molar-refractivity contribution in [3.8, 4) is 0 Å². The van der Waals surface area contributed by atoms with Crippen LogP contribution in [0.25, 0.3) is 0 Å². The summed E-state index contributed by atoms with van der Waals surface area (Å²) in [5.41, 5.74) is 7.84. The van der Waals surface area contributed by atoms with Gasteiger partial charge in [0.05, 0.1) is 12.3 Å². The van der Waals surface area contributed by atoms with Crippen LogP contribution in [0.4, 0.5) is 5.69 Å². The van der Waals surface area contributed by atoms with Gasteiger partial charge in [0.15, 0.2) is 0 Å². The number of nitrogen functional groups attached to an aromatic ring is 1. The Labute approximate surface area is 112 Å². The molecular formula is C14H17N3O2. The molecule has 0 atom stereocenters. The summed E-state index contributed by atoms with van der Waals surface area (Å²) in [6.07, 6.45) is 5.86. The fourth-order valence-corrected chi connectivity index (χ4v) is 1.85. The maximum absolute atomic E-state index is 11.9. The number of aromatic nitrogens is 2. The number of nitrogens with zero attached hydrogens (tertiary/aromatic N) is 2. The smallest absolute Gasteiger partial charge is 0.355 e. The number of esters is 1. The first kappa shape index (κ1) is 13.1. The van der Waals surface area contributed by atoms with E-state index in [4.69, 9.17) is 10.5 Å². The van der Waals surface area contributed by atoms with Crippen LogP contribution < -0.4 is 5.73 Å². The monoisotopic (exact) mass is 259 g/mol. The lowest BCUT2D eigenvalue weighted by atomic mass is 10.2. The molecule has 5 nitrogen and oxygen atoms in total. The zero-order valence-corrected chi connectivity index (χ0v) is 10.9. The molecule has 0 aliphatic carbocycles. The lowest BCUT2D eigenvalue weighted by molar-refractivity contribution is 0.0497. The summed E-state index contributed by atoms with van der Waals surface area (Å²) < 4.78 is 7.03. The third-order valence-electron chi connectivity index (χ3n) is 2.84. The molecule has 2 rings (SSSR count). The Morgan fingerprint density at radius 1 is 1.42 bits per heavy atom. The van der Waals surface area contributed by atoms with Crippen molar-refractivity contribution in [1.29, 1.82) is 0 Å². The van der Waals surface area contributed by atoms with Crippen molar-refractivity contribution in [3.05, 3.63) is 48.0 Å². The Morgan fingerprint density at radius 3 is 2.84 bits per heavy atom. The molecule has 2 N–H and O–H groups in total. The zero-order valence-electron chi connectivity index (χ0n) is 10.9. The number of nitrogens with two attached hydrogens (primary N) is 1. The van der Waals surface area contributed by atoms with Gasteiger partial charge in [0, 0.05) is 31.6 Å². The molecule has 0 fully saturated rings. The van der Waals surface area contributed by atoms with Crippen LogP contribution in [0.2, 0.25) is 0 Å². The maximum atomic E-state index is 11.9. The van der Waals surface area contributed by atoms with Crippen LogP contribution in [0.15, 0.2) is 36.8 Å². The third-order valence-corrected chi connectivity index (χ3v) is 2.84. The molecule has 2 heterocycles. The van der Waals surface area contributed by atoms with Crippen LogP contribution in [0, 0.1) is 0 Å². The average molecular weight is 259 g/mol. The fourth-order valence-electron chi connectivity index (χ4n) is 1.85. The van der Waals surface area contributed by atoms with Gasteiger partial charge in [-0.1, -0.05) is 0 Å². The number of rotatable bonds is 5. The van der Waals surface area contributed by atoms with Crippen molar-refractivity contribution in [2.24, 2.45) is 0 Å². The normalized spacial score (nSPS) is 10.4. The predicted octanol–water partition coefficient (Wildman–Crippen LogP) is 1.88. The Bertz CT molecular complexity index is 549. The highest BCUT2D eigenvalue weighted by Crippen LogP contribution is 2.12. The minimum Gasteiger partial charge on any atom is -0.461 e. The van der Waals surface area contributed by atoms with E-state index in [0.29, 0.717) is 31.0 Å². The van der Waals surface area contributed by atoms with Gasteiger partial charge in [-0.25, -0.2) is 4.79 Å². The Morgan fingerprint density at radius 2 is 2.16 bits per heavy atom. The molecule has 0 aliphatic heterocycles. The van der Waals surface area contributed by atoms with E-state index in [9.17, 15) is 4.79 Å². The van der Waals surface area contributed by atoms with Crippen molar-refractivity contribution >= 4 is 11.7 Å². The molecule has 0 unspecified atom stereocenters. The molecule has 0 bridgehead atoms. The molecule has 5 heteroatoms. The summed E-state index contributed by atoms with van der Waals surface area (Å²) in [6.45, 7) is 2.98. The van der Waals surface area contributed by atoms with Gasteiger partial charge < -0.3 is 15.0 Å². The van der Waals surface area contributed by atoms with Gasteiger partial charge in [0.1, 0.15) is 5.69 Å². The minimum atomic E-state index is -0.340. The van der Waals surface area contributed by atoms with E-state index in [1.807, 2.05) is 19.1 Å². The lowest BCUT2D eigenvalue weighted by Gasteiger charge is -2.07. The van der Waals surface area contributed by atoms with Crippen LogP contribution in [0.5, 0.6) is 0 Å². The largest absolute Gasteiger partial charge is 0.461 e. The summed E-state index contributed by atoms with van der Waals surface area (Å²) in [5, 5.41) is 0. The number of ether oxygens (including phenoxy) is 1. The highest BCUT2D eigenvalue weighted by Gasteiger charge is 2.13. The molecule has 19 heavy (non-hydrogen) atoms. The number of anilines is 1. The second kappa shape index (κ2) is 6.04. The Kier molecular flexibility index (Phi) is 4.18. The molecule has 0 aliphatic rings. The Balaban J connectivity index is 1.91. The molecule has 0 aromatic carbocycles. The molecule has 0 radical (unpaired) electrons. The van der Waals surface area contributed by atoms with Crippen LogP contribution in [-0.2, 0) is 17.7 Å². The number of carbonyl (C=O) groups is 1. The van der Waals surface area contributed by atoms with Gasteiger partial charge in [-0.05, 0) is 30.7 Å². The zero-order chi connectivity index (χ0) is 13.7. The van der Waals surface area contributed by atoms with E-state index in [0.717, 1.165) is 5.56 Å². The molecular weight excluding hydrogens is 242 g/mol. The molecule has 0 saturated carbocycles. The highest BCUT2D eigenvalue weighted by atomic mass is 16.5. The van der Waals surface area contributed by atoms with Gasteiger partial charge in [0.2, 0.25) is 0 Å². The summed E-state index contributed by atoms with van der Waals surface area (Å²) >= 11 is 0. The second-order valence-electron chi connectivity index (χ2n) is 4.19. The van der Waals surface area contributed by atoms with E-state index in [1.54, 1.807) is 29.2 Å². The summed E-state index contributed by atoms with van der Waals surface area (Å²) in [6, 6.07) is 5.44. The van der Waals surface area contributed by atoms with E-state index in [2.05, 4.69) is 4.98 Å². The minimum absolute atomic E-state index is 0.340. The first-order valence-electron chi connectivity index (χ1n) is 6.22. The number of carbonyl (C=O) groups excluding carboxylic acids is 1. The van der Waals surface area contributed by atoms with Crippen molar-refractivity contribution < 1.29 is 9.53 Å². The van der Waals surface area contributed by atoms with Crippen LogP contribution in [0.3, 0.4) is 0 Å². The van der Waals surface area contributed by atoms with Crippen molar-refractivity contribution in [2.45, 2.75) is 19.9 Å². The molecule has 2 aromatic rings. The maximum Gasteiger partial charge on any atom is 0.355 e. The van der Waals surface area contributed by atoms with Crippen molar-refractivity contribution in [2.75, 3.05) is 12.3 Å². The topological polar surface area (TPSA) is 70.1 Å². The molecule has 0 spiro atoms. The number of aryl methyl sites for hydroxylation is 1. The van der Waals surface area contributed by atoms with Gasteiger partial charge >= 0.3 is 5.97 Å². The van der Waals surface area contributed by atoms with Crippen molar-refractivity contribution in [3.63, 3.8) is 0 Å². The summed E-state index contributed by atoms with van der Waals surface area (Å²) in [5.74, 6) is -0.340. The van der Waals surface area contributed by atoms with Crippen LogP contribution in [0.1, 0.15) is 23.0 Å². The fraction of sp³-hybridized carbons (Fsp3) is 0.286. The second-order valence-corrected chi connectivity index (χ2v) is 4.19. The number of pyridine rings is 1. The molecule has 0 amide bonds. The van der Waals surface area contributed by atoms with E-state index >= 15 is 0 Å².